The Morgan fingerprint density at radius 2 is 2.29 bits per heavy atom. The van der Waals surface area contributed by atoms with Gasteiger partial charge in [0, 0.05) is 12.0 Å². The summed E-state index contributed by atoms with van der Waals surface area (Å²) in [7, 11) is -1.29. The summed E-state index contributed by atoms with van der Waals surface area (Å²) in [6.45, 7) is 10.6. The summed E-state index contributed by atoms with van der Waals surface area (Å²) in [5, 5.41) is 0. The van der Waals surface area contributed by atoms with Gasteiger partial charge in [-0.25, -0.2) is 13.3 Å². The molecule has 24 heavy (non-hydrogen) atoms. The fourth-order valence-corrected chi connectivity index (χ4v) is 3.23. The van der Waals surface area contributed by atoms with Gasteiger partial charge in [-0.15, -0.1) is 6.58 Å². The average Bonchev–Trinajstić information content (AvgIpc) is 3.00. The van der Waals surface area contributed by atoms with Crippen molar-refractivity contribution >= 4 is 11.0 Å². The molecule has 1 N–H and O–H groups in total. The van der Waals surface area contributed by atoms with E-state index in [1.54, 1.807) is 12.1 Å². The minimum absolute atomic E-state index is 0.0355. The summed E-state index contributed by atoms with van der Waals surface area (Å²) in [5.74, 6) is 0.245. The van der Waals surface area contributed by atoms with E-state index < -0.39 is 15.7 Å². The highest BCUT2D eigenvalue weighted by Gasteiger charge is 2.26. The van der Waals surface area contributed by atoms with Crippen molar-refractivity contribution in [1.82, 2.24) is 4.72 Å². The highest BCUT2D eigenvalue weighted by atomic mass is 32.2. The number of hydrogen-bond acceptors (Lipinski definition) is 3. The summed E-state index contributed by atoms with van der Waals surface area (Å²) < 4.78 is 40.3. The lowest BCUT2D eigenvalue weighted by atomic mass is 10.0. The van der Waals surface area contributed by atoms with Crippen LogP contribution in [0.4, 0.5) is 4.39 Å². The van der Waals surface area contributed by atoms with Gasteiger partial charge in [0.05, 0.1) is 35.0 Å². The summed E-state index contributed by atoms with van der Waals surface area (Å²) in [6, 6.07) is 4.10. The van der Waals surface area contributed by atoms with Crippen LogP contribution in [0.5, 0.6) is 5.75 Å². The third-order valence-electron chi connectivity index (χ3n) is 3.74. The lowest BCUT2D eigenvalue weighted by Gasteiger charge is -2.26. The maximum atomic E-state index is 13.8. The van der Waals surface area contributed by atoms with Gasteiger partial charge in [0.15, 0.2) is 0 Å². The lowest BCUT2D eigenvalue weighted by Crippen LogP contribution is -2.36. The van der Waals surface area contributed by atoms with Gasteiger partial charge in [0.25, 0.3) is 0 Å². The van der Waals surface area contributed by atoms with Crippen molar-refractivity contribution in [2.45, 2.75) is 50.5 Å². The zero-order chi connectivity index (χ0) is 17.7. The van der Waals surface area contributed by atoms with Crippen LogP contribution >= 0.6 is 0 Å². The molecule has 0 aliphatic carbocycles. The SMILES string of the molecule is C=CC[C@H](NS(=O)C(C)(C)C)c1cc(F)ccc1O[C@@H]1CCOC1. The molecule has 0 aromatic heterocycles. The predicted octanol–water partition coefficient (Wildman–Crippen LogP) is 3.66. The summed E-state index contributed by atoms with van der Waals surface area (Å²) >= 11 is 0. The Hall–Kier alpha value is -1.24. The Morgan fingerprint density at radius 1 is 1.54 bits per heavy atom. The number of hydrogen-bond donors (Lipinski definition) is 1. The van der Waals surface area contributed by atoms with Crippen LogP contribution in [0, 0.1) is 5.82 Å². The lowest BCUT2D eigenvalue weighted by molar-refractivity contribution is 0.140. The van der Waals surface area contributed by atoms with E-state index in [0.717, 1.165) is 6.42 Å². The van der Waals surface area contributed by atoms with Crippen molar-refractivity contribution in [3.05, 3.63) is 42.2 Å². The third-order valence-corrected chi connectivity index (χ3v) is 5.35. The number of benzene rings is 1. The molecule has 3 atom stereocenters. The second-order valence-corrected chi connectivity index (χ2v) is 8.86. The molecule has 1 heterocycles. The van der Waals surface area contributed by atoms with Crippen LogP contribution in [0.15, 0.2) is 30.9 Å². The molecule has 4 nitrogen and oxygen atoms in total. The van der Waals surface area contributed by atoms with E-state index in [9.17, 15) is 8.60 Å². The highest BCUT2D eigenvalue weighted by Crippen LogP contribution is 2.31. The Morgan fingerprint density at radius 3 is 2.88 bits per heavy atom. The maximum Gasteiger partial charge on any atom is 0.124 e. The van der Waals surface area contributed by atoms with Crippen molar-refractivity contribution < 1.29 is 18.1 Å². The minimum Gasteiger partial charge on any atom is -0.488 e. The van der Waals surface area contributed by atoms with Crippen molar-refractivity contribution in [2.24, 2.45) is 0 Å². The first kappa shape index (κ1) is 19.1. The predicted molar refractivity (Wildman–Crippen MR) is 94.8 cm³/mol. The van der Waals surface area contributed by atoms with E-state index in [1.165, 1.54) is 12.1 Å². The van der Waals surface area contributed by atoms with Crippen LogP contribution in [0.25, 0.3) is 0 Å². The van der Waals surface area contributed by atoms with Crippen LogP contribution in [0.2, 0.25) is 0 Å². The van der Waals surface area contributed by atoms with Crippen LogP contribution < -0.4 is 9.46 Å². The molecule has 1 aliphatic heterocycles. The molecule has 0 radical (unpaired) electrons. The Labute approximate surface area is 146 Å². The van der Waals surface area contributed by atoms with Gasteiger partial charge in [0.1, 0.15) is 17.7 Å². The molecular formula is C18H26FNO3S. The molecule has 1 aromatic rings. The third kappa shape index (κ3) is 5.13. The van der Waals surface area contributed by atoms with Crippen molar-refractivity contribution in [1.29, 1.82) is 0 Å². The second kappa shape index (κ2) is 8.23. The fourth-order valence-electron chi connectivity index (χ4n) is 2.40. The van der Waals surface area contributed by atoms with Gasteiger partial charge in [-0.2, -0.15) is 0 Å². The summed E-state index contributed by atoms with van der Waals surface area (Å²) in [5.41, 5.74) is 0.652. The molecule has 1 unspecified atom stereocenters. The van der Waals surface area contributed by atoms with Crippen LogP contribution in [-0.2, 0) is 15.7 Å². The largest absolute Gasteiger partial charge is 0.488 e. The van der Waals surface area contributed by atoms with E-state index in [0.29, 0.717) is 30.9 Å². The van der Waals surface area contributed by atoms with Gasteiger partial charge >= 0.3 is 0 Å². The topological polar surface area (TPSA) is 47.6 Å². The molecule has 134 valence electrons. The average molecular weight is 355 g/mol. The Kier molecular flexibility index (Phi) is 6.54. The molecule has 6 heteroatoms. The number of rotatable bonds is 7. The normalized spacial score (nSPS) is 20.6. The summed E-state index contributed by atoms with van der Waals surface area (Å²) in [6.07, 6.45) is 3.02. The molecule has 0 spiro atoms. The molecular weight excluding hydrogens is 329 g/mol. The monoisotopic (exact) mass is 355 g/mol. The molecule has 0 saturated carbocycles. The molecule has 0 amide bonds. The molecule has 2 rings (SSSR count). The van der Waals surface area contributed by atoms with Gasteiger partial charge in [0.2, 0.25) is 0 Å². The van der Waals surface area contributed by atoms with Gasteiger partial charge in [-0.1, -0.05) is 6.08 Å². The number of nitrogens with one attached hydrogen (secondary N) is 1. The van der Waals surface area contributed by atoms with Crippen molar-refractivity contribution in [3.63, 3.8) is 0 Å². The smallest absolute Gasteiger partial charge is 0.124 e. The maximum absolute atomic E-state index is 13.8. The van der Waals surface area contributed by atoms with E-state index in [4.69, 9.17) is 9.47 Å². The quantitative estimate of drug-likeness (QED) is 0.759. The standard InChI is InChI=1S/C18H26FNO3S/c1-5-6-16(20-24(21)18(2,3)4)15-11-13(19)7-8-17(15)23-14-9-10-22-12-14/h5,7-8,11,14,16,20H,1,6,9-10,12H2,2-4H3/t14-,16+,24?/m1/s1. The van der Waals surface area contributed by atoms with Crippen LogP contribution in [-0.4, -0.2) is 28.3 Å². The number of halogens is 1. The Bertz CT molecular complexity index is 594. The van der Waals surface area contributed by atoms with E-state index >= 15 is 0 Å². The van der Waals surface area contributed by atoms with Crippen molar-refractivity contribution in [2.75, 3.05) is 13.2 Å². The first-order chi connectivity index (χ1) is 11.3. The van der Waals surface area contributed by atoms with Gasteiger partial charge in [-0.3, -0.25) is 0 Å². The summed E-state index contributed by atoms with van der Waals surface area (Å²) in [4.78, 5) is 0. The van der Waals surface area contributed by atoms with Crippen LogP contribution in [0.3, 0.4) is 0 Å². The van der Waals surface area contributed by atoms with Crippen LogP contribution in [0.1, 0.15) is 45.2 Å². The molecule has 1 aliphatic rings. The van der Waals surface area contributed by atoms with Crippen molar-refractivity contribution in [3.8, 4) is 5.75 Å². The minimum atomic E-state index is -1.29. The molecule has 1 aromatic carbocycles. The zero-order valence-electron chi connectivity index (χ0n) is 14.5. The van der Waals surface area contributed by atoms with E-state index in [1.807, 2.05) is 20.8 Å². The van der Waals surface area contributed by atoms with Gasteiger partial charge in [-0.05, 0) is 45.4 Å². The number of ether oxygens (including phenoxy) is 2. The zero-order valence-corrected chi connectivity index (χ0v) is 15.3. The van der Waals surface area contributed by atoms with E-state index in [2.05, 4.69) is 11.3 Å². The van der Waals surface area contributed by atoms with Gasteiger partial charge < -0.3 is 9.47 Å². The molecule has 1 saturated heterocycles. The molecule has 1 fully saturated rings. The second-order valence-electron chi connectivity index (χ2n) is 6.86. The highest BCUT2D eigenvalue weighted by molar-refractivity contribution is 7.84. The van der Waals surface area contributed by atoms with E-state index in [-0.39, 0.29) is 18.0 Å². The fraction of sp³-hybridized carbons (Fsp3) is 0.556. The Balaban J connectivity index is 2.28. The first-order valence-electron chi connectivity index (χ1n) is 8.14. The molecule has 0 bridgehead atoms. The first-order valence-corrected chi connectivity index (χ1v) is 9.29.